The van der Waals surface area contributed by atoms with Gasteiger partial charge in [-0.15, -0.1) is 0 Å². The number of amides is 1. The van der Waals surface area contributed by atoms with Crippen LogP contribution in [0.4, 0.5) is 11.5 Å². The number of nitrogens with one attached hydrogen (secondary N) is 1. The van der Waals surface area contributed by atoms with Crippen LogP contribution in [-0.2, 0) is 0 Å². The molecule has 1 aromatic carbocycles. The summed E-state index contributed by atoms with van der Waals surface area (Å²) in [6.45, 7) is 4.74. The first kappa shape index (κ1) is 20.8. The Kier molecular flexibility index (Phi) is 5.56. The van der Waals surface area contributed by atoms with Crippen LogP contribution in [0.5, 0.6) is 0 Å². The smallest absolute Gasteiger partial charge is 0.259 e. The molecule has 1 aliphatic heterocycles. The summed E-state index contributed by atoms with van der Waals surface area (Å²) in [6.07, 6.45) is 4.32. The van der Waals surface area contributed by atoms with Crippen LogP contribution >= 0.6 is 0 Å². The van der Waals surface area contributed by atoms with Crippen molar-refractivity contribution in [3.8, 4) is 11.3 Å². The van der Waals surface area contributed by atoms with Crippen LogP contribution in [-0.4, -0.2) is 44.0 Å². The molecule has 1 aliphatic rings. The average molecular weight is 441 g/mol. The standard InChI is InChI=1S/C25H24N6O2/c1-16-23(17(2)33-30-16)25(32)31-12-10-19(15-31)24-28-21(18-7-6-11-26-14-18)13-22(29-24)27-20-8-4-3-5-9-20/h3-9,11,13-14,19H,10,12,15H2,1-2H3,(H,27,28,29)/t19-/m0/s1. The normalized spacial score (nSPS) is 15.6. The molecular formula is C25H24N6O2. The van der Waals surface area contributed by atoms with Crippen molar-refractivity contribution in [1.82, 2.24) is 25.0 Å². The van der Waals surface area contributed by atoms with E-state index < -0.39 is 0 Å². The van der Waals surface area contributed by atoms with Gasteiger partial charge in [0.15, 0.2) is 0 Å². The van der Waals surface area contributed by atoms with Gasteiger partial charge in [0.2, 0.25) is 0 Å². The topological polar surface area (TPSA) is 97.0 Å². The Bertz CT molecular complexity index is 1250. The van der Waals surface area contributed by atoms with Gasteiger partial charge in [0.05, 0.1) is 11.4 Å². The summed E-state index contributed by atoms with van der Waals surface area (Å²) >= 11 is 0. The molecule has 33 heavy (non-hydrogen) atoms. The fraction of sp³-hybridized carbons (Fsp3) is 0.240. The van der Waals surface area contributed by atoms with E-state index in [9.17, 15) is 4.79 Å². The van der Waals surface area contributed by atoms with E-state index in [1.165, 1.54) is 0 Å². The number of anilines is 2. The Labute approximate surface area is 191 Å². The van der Waals surface area contributed by atoms with Gasteiger partial charge >= 0.3 is 0 Å². The summed E-state index contributed by atoms with van der Waals surface area (Å²) in [5.41, 5.74) is 3.82. The Hall–Kier alpha value is -4.07. The quantitative estimate of drug-likeness (QED) is 0.487. The lowest BCUT2D eigenvalue weighted by atomic mass is 10.1. The van der Waals surface area contributed by atoms with Crippen LogP contribution in [0.2, 0.25) is 0 Å². The number of benzene rings is 1. The van der Waals surface area contributed by atoms with Crippen molar-refractivity contribution in [2.45, 2.75) is 26.2 Å². The first-order valence-corrected chi connectivity index (χ1v) is 10.9. The van der Waals surface area contributed by atoms with Gasteiger partial charge in [-0.05, 0) is 44.5 Å². The number of hydrogen-bond acceptors (Lipinski definition) is 7. The van der Waals surface area contributed by atoms with Gasteiger partial charge in [-0.2, -0.15) is 0 Å². The molecule has 0 radical (unpaired) electrons. The second kappa shape index (κ2) is 8.82. The lowest BCUT2D eigenvalue weighted by Crippen LogP contribution is -2.29. The van der Waals surface area contributed by atoms with Crippen LogP contribution in [0.25, 0.3) is 11.3 Å². The van der Waals surface area contributed by atoms with Crippen molar-refractivity contribution in [2.24, 2.45) is 0 Å². The van der Waals surface area contributed by atoms with Gasteiger partial charge in [-0.25, -0.2) is 9.97 Å². The molecule has 0 bridgehead atoms. The van der Waals surface area contributed by atoms with Gasteiger partial charge in [0.1, 0.15) is 23.0 Å². The van der Waals surface area contributed by atoms with E-state index in [1.807, 2.05) is 53.4 Å². The predicted octanol–water partition coefficient (Wildman–Crippen LogP) is 4.52. The van der Waals surface area contributed by atoms with Crippen molar-refractivity contribution in [3.63, 3.8) is 0 Å². The maximum atomic E-state index is 13.1. The number of rotatable bonds is 5. The number of nitrogens with zero attached hydrogens (tertiary/aromatic N) is 5. The van der Waals surface area contributed by atoms with Crippen molar-refractivity contribution in [2.75, 3.05) is 18.4 Å². The van der Waals surface area contributed by atoms with Crippen LogP contribution < -0.4 is 5.32 Å². The summed E-state index contributed by atoms with van der Waals surface area (Å²) in [4.78, 5) is 28.8. The first-order valence-electron chi connectivity index (χ1n) is 10.9. The molecule has 4 heterocycles. The summed E-state index contributed by atoms with van der Waals surface area (Å²) in [5, 5.41) is 7.30. The van der Waals surface area contributed by atoms with Gasteiger partial charge in [-0.1, -0.05) is 23.4 Å². The van der Waals surface area contributed by atoms with E-state index in [0.717, 1.165) is 23.4 Å². The number of aromatic nitrogens is 4. The molecule has 0 saturated carbocycles. The molecule has 1 amide bonds. The third-order valence-electron chi connectivity index (χ3n) is 5.83. The average Bonchev–Trinajstić information content (AvgIpc) is 3.47. The fourth-order valence-electron chi connectivity index (χ4n) is 4.15. The van der Waals surface area contributed by atoms with E-state index in [1.54, 1.807) is 26.2 Å². The lowest BCUT2D eigenvalue weighted by Gasteiger charge is -2.17. The molecule has 1 atom stereocenters. The second-order valence-electron chi connectivity index (χ2n) is 8.17. The molecule has 5 rings (SSSR count). The van der Waals surface area contributed by atoms with Crippen LogP contribution in [0.15, 0.2) is 65.4 Å². The number of carbonyl (C=O) groups excluding carboxylic acids is 1. The minimum atomic E-state index is -0.0557. The van der Waals surface area contributed by atoms with Gasteiger partial charge in [-0.3, -0.25) is 9.78 Å². The molecule has 8 nitrogen and oxygen atoms in total. The molecular weight excluding hydrogens is 416 g/mol. The highest BCUT2D eigenvalue weighted by Crippen LogP contribution is 2.30. The van der Waals surface area contributed by atoms with Crippen molar-refractivity contribution >= 4 is 17.4 Å². The lowest BCUT2D eigenvalue weighted by molar-refractivity contribution is 0.0788. The fourth-order valence-corrected chi connectivity index (χ4v) is 4.15. The molecule has 3 aromatic heterocycles. The summed E-state index contributed by atoms with van der Waals surface area (Å²) in [5.74, 6) is 1.94. The number of aryl methyl sites for hydroxylation is 2. The maximum absolute atomic E-state index is 13.1. The van der Waals surface area contributed by atoms with Crippen molar-refractivity contribution < 1.29 is 9.32 Å². The van der Waals surface area contributed by atoms with E-state index in [-0.39, 0.29) is 11.8 Å². The molecule has 166 valence electrons. The molecule has 1 fully saturated rings. The number of para-hydroxylation sites is 1. The molecule has 1 saturated heterocycles. The van der Waals surface area contributed by atoms with E-state index in [0.29, 0.717) is 41.7 Å². The third-order valence-corrected chi connectivity index (χ3v) is 5.83. The summed E-state index contributed by atoms with van der Waals surface area (Å²) < 4.78 is 5.19. The van der Waals surface area contributed by atoms with Crippen molar-refractivity contribution in [3.05, 3.63) is 83.8 Å². The molecule has 4 aromatic rings. The number of hydrogen-bond donors (Lipinski definition) is 1. The number of likely N-dealkylation sites (tertiary alicyclic amines) is 1. The second-order valence-corrected chi connectivity index (χ2v) is 8.17. The van der Waals surface area contributed by atoms with Gasteiger partial charge in [0.25, 0.3) is 5.91 Å². The van der Waals surface area contributed by atoms with E-state index >= 15 is 0 Å². The minimum Gasteiger partial charge on any atom is -0.361 e. The van der Waals surface area contributed by atoms with E-state index in [2.05, 4.69) is 15.5 Å². The first-order chi connectivity index (χ1) is 16.1. The Morgan fingerprint density at radius 3 is 2.70 bits per heavy atom. The molecule has 0 unspecified atom stereocenters. The third kappa shape index (κ3) is 4.32. The van der Waals surface area contributed by atoms with Gasteiger partial charge < -0.3 is 14.7 Å². The zero-order valence-electron chi connectivity index (χ0n) is 18.5. The molecule has 0 aliphatic carbocycles. The van der Waals surface area contributed by atoms with Crippen LogP contribution in [0, 0.1) is 13.8 Å². The molecule has 1 N–H and O–H groups in total. The maximum Gasteiger partial charge on any atom is 0.259 e. The summed E-state index contributed by atoms with van der Waals surface area (Å²) in [6, 6.07) is 15.7. The molecule has 0 spiro atoms. The highest BCUT2D eigenvalue weighted by atomic mass is 16.5. The minimum absolute atomic E-state index is 0.0300. The number of carbonyl (C=O) groups is 1. The predicted molar refractivity (Wildman–Crippen MR) is 124 cm³/mol. The summed E-state index contributed by atoms with van der Waals surface area (Å²) in [7, 11) is 0. The zero-order chi connectivity index (χ0) is 22.8. The van der Waals surface area contributed by atoms with E-state index in [4.69, 9.17) is 14.5 Å². The highest BCUT2D eigenvalue weighted by molar-refractivity contribution is 5.96. The Morgan fingerprint density at radius 2 is 1.97 bits per heavy atom. The van der Waals surface area contributed by atoms with Crippen LogP contribution in [0.3, 0.4) is 0 Å². The Balaban J connectivity index is 1.44. The SMILES string of the molecule is Cc1noc(C)c1C(=O)N1CC[C@H](c2nc(Nc3ccccc3)cc(-c3cccnc3)n2)C1. The monoisotopic (exact) mass is 440 g/mol. The van der Waals surface area contributed by atoms with Crippen molar-refractivity contribution in [1.29, 1.82) is 0 Å². The Morgan fingerprint density at radius 1 is 1.12 bits per heavy atom. The largest absolute Gasteiger partial charge is 0.361 e. The van der Waals surface area contributed by atoms with Gasteiger partial charge in [0, 0.05) is 48.7 Å². The highest BCUT2D eigenvalue weighted by Gasteiger charge is 2.32. The van der Waals surface area contributed by atoms with Crippen LogP contribution in [0.1, 0.15) is 40.0 Å². The zero-order valence-corrected chi connectivity index (χ0v) is 18.5. The molecule has 8 heteroatoms. The number of pyridine rings is 1.